The van der Waals surface area contributed by atoms with Crippen molar-refractivity contribution in [1.82, 2.24) is 15.6 Å². The molecule has 0 amide bonds. The van der Waals surface area contributed by atoms with Gasteiger partial charge in [-0.2, -0.15) is 0 Å². The van der Waals surface area contributed by atoms with Crippen LogP contribution in [-0.2, 0) is 11.3 Å². The van der Waals surface area contributed by atoms with Crippen LogP contribution >= 0.6 is 35.3 Å². The molecule has 0 aliphatic rings. The third kappa shape index (κ3) is 7.42. The second kappa shape index (κ2) is 12.7. The van der Waals surface area contributed by atoms with Crippen molar-refractivity contribution in [1.29, 1.82) is 0 Å². The monoisotopic (exact) mass is 545 g/mol. The molecule has 1 aromatic heterocycles. The van der Waals surface area contributed by atoms with E-state index in [1.807, 2.05) is 34.9 Å². The maximum absolute atomic E-state index is 12.0. The minimum atomic E-state index is -0.317. The summed E-state index contributed by atoms with van der Waals surface area (Å²) in [5.74, 6) is 0.393. The van der Waals surface area contributed by atoms with Gasteiger partial charge < -0.3 is 20.3 Å². The van der Waals surface area contributed by atoms with Crippen molar-refractivity contribution < 1.29 is 9.53 Å². The van der Waals surface area contributed by atoms with E-state index >= 15 is 0 Å². The fraction of sp³-hybridized carbons (Fsp3) is 0.476. The topological polar surface area (TPSA) is 78.9 Å². The second-order valence-electron chi connectivity index (χ2n) is 6.81. The van der Waals surface area contributed by atoms with Crippen molar-refractivity contribution in [3.05, 3.63) is 45.4 Å². The molecule has 0 aliphatic carbocycles. The highest BCUT2D eigenvalue weighted by Gasteiger charge is 2.20. The molecule has 166 valence electrons. The molecule has 2 rings (SSSR count). The first kappa shape index (κ1) is 26.2. The van der Waals surface area contributed by atoms with Gasteiger partial charge in [-0.15, -0.1) is 35.3 Å². The number of rotatable bonds is 8. The van der Waals surface area contributed by atoms with Crippen LogP contribution in [0, 0.1) is 6.92 Å². The Labute approximate surface area is 200 Å². The number of esters is 1. The Kier molecular flexibility index (Phi) is 11.1. The van der Waals surface area contributed by atoms with Gasteiger partial charge in [0.05, 0.1) is 24.9 Å². The van der Waals surface area contributed by atoms with Crippen molar-refractivity contribution in [3.63, 3.8) is 0 Å². The Morgan fingerprint density at radius 3 is 2.50 bits per heavy atom. The largest absolute Gasteiger partial charge is 0.462 e. The molecule has 7 nitrogen and oxygen atoms in total. The van der Waals surface area contributed by atoms with E-state index < -0.39 is 0 Å². The summed E-state index contributed by atoms with van der Waals surface area (Å²) >= 11 is 1.36. The molecule has 1 heterocycles. The van der Waals surface area contributed by atoms with Crippen molar-refractivity contribution in [3.8, 4) is 0 Å². The van der Waals surface area contributed by atoms with Crippen molar-refractivity contribution in [2.24, 2.45) is 4.99 Å². The number of aromatic nitrogens is 1. The number of aliphatic imine (C=N–C) groups is 1. The number of aryl methyl sites for hydroxylation is 1. The zero-order chi connectivity index (χ0) is 21.4. The molecule has 1 atom stereocenters. The Bertz CT molecular complexity index is 836. The number of thiazole rings is 1. The number of ether oxygens (including phenoxy) is 1. The van der Waals surface area contributed by atoms with Gasteiger partial charge in [0.1, 0.15) is 9.88 Å². The highest BCUT2D eigenvalue weighted by Crippen LogP contribution is 2.24. The number of carbonyl (C=O) groups is 1. The lowest BCUT2D eigenvalue weighted by molar-refractivity contribution is 0.0531. The first-order chi connectivity index (χ1) is 13.8. The summed E-state index contributed by atoms with van der Waals surface area (Å²) in [6, 6.07) is 8.26. The van der Waals surface area contributed by atoms with Gasteiger partial charge in [0.15, 0.2) is 5.96 Å². The van der Waals surface area contributed by atoms with E-state index in [1.54, 1.807) is 6.92 Å². The standard InChI is InChI=1S/C21H31N5O2S.HI/c1-7-22-21(23-13-16-9-11-17(12-10-16)26(5)6)25-15(4)19-24-14(3)18(29-19)20(27)28-8-2;/h9-12,15H,7-8,13H2,1-6H3,(H2,22,23,25);1H. The molecule has 1 aromatic carbocycles. The van der Waals surface area contributed by atoms with Gasteiger partial charge in [-0.25, -0.2) is 14.8 Å². The molecule has 2 aromatic rings. The van der Waals surface area contributed by atoms with Gasteiger partial charge in [-0.05, 0) is 45.4 Å². The van der Waals surface area contributed by atoms with E-state index in [0.717, 1.165) is 22.8 Å². The van der Waals surface area contributed by atoms with Gasteiger partial charge in [0.2, 0.25) is 0 Å². The molecule has 0 saturated carbocycles. The third-order valence-electron chi connectivity index (χ3n) is 4.21. The summed E-state index contributed by atoms with van der Waals surface area (Å²) in [4.78, 5) is 23.9. The predicted molar refractivity (Wildman–Crippen MR) is 135 cm³/mol. The fourth-order valence-electron chi connectivity index (χ4n) is 2.65. The first-order valence-electron chi connectivity index (χ1n) is 9.81. The molecule has 1 unspecified atom stereocenters. The van der Waals surface area contributed by atoms with Crippen LogP contribution in [0.4, 0.5) is 5.69 Å². The molecular formula is C21H32IN5O2S. The second-order valence-corrected chi connectivity index (χ2v) is 7.84. The van der Waals surface area contributed by atoms with Gasteiger partial charge in [-0.1, -0.05) is 12.1 Å². The SMILES string of the molecule is CCNC(=NCc1ccc(N(C)C)cc1)NC(C)c1nc(C)c(C(=O)OCC)s1.I. The summed E-state index contributed by atoms with van der Waals surface area (Å²) in [5, 5.41) is 7.46. The first-order valence-corrected chi connectivity index (χ1v) is 10.6. The zero-order valence-corrected chi connectivity index (χ0v) is 21.6. The summed E-state index contributed by atoms with van der Waals surface area (Å²) in [7, 11) is 4.05. The number of hydrogen-bond donors (Lipinski definition) is 2. The average molecular weight is 545 g/mol. The molecule has 9 heteroatoms. The van der Waals surface area contributed by atoms with Crippen LogP contribution in [0.15, 0.2) is 29.3 Å². The number of guanidine groups is 1. The van der Waals surface area contributed by atoms with Gasteiger partial charge in [-0.3, -0.25) is 0 Å². The molecule has 0 spiro atoms. The Morgan fingerprint density at radius 1 is 1.27 bits per heavy atom. The molecule has 0 fully saturated rings. The summed E-state index contributed by atoms with van der Waals surface area (Å²) in [6.07, 6.45) is 0. The maximum atomic E-state index is 12.0. The van der Waals surface area contributed by atoms with Crippen LogP contribution in [0.5, 0.6) is 0 Å². The van der Waals surface area contributed by atoms with Gasteiger partial charge in [0, 0.05) is 26.3 Å². The number of benzene rings is 1. The molecule has 0 aliphatic heterocycles. The number of halogens is 1. The smallest absolute Gasteiger partial charge is 0.350 e. The number of nitrogens with one attached hydrogen (secondary N) is 2. The van der Waals surface area contributed by atoms with Crippen LogP contribution in [-0.4, -0.2) is 44.2 Å². The van der Waals surface area contributed by atoms with Crippen molar-refractivity contribution in [2.75, 3.05) is 32.1 Å². The summed E-state index contributed by atoms with van der Waals surface area (Å²) < 4.78 is 5.10. The number of hydrogen-bond acceptors (Lipinski definition) is 6. The molecule has 0 radical (unpaired) electrons. The number of anilines is 1. The third-order valence-corrected chi connectivity index (χ3v) is 5.53. The summed E-state index contributed by atoms with van der Waals surface area (Å²) in [6.45, 7) is 9.34. The zero-order valence-electron chi connectivity index (χ0n) is 18.5. The van der Waals surface area contributed by atoms with Crippen LogP contribution < -0.4 is 15.5 Å². The van der Waals surface area contributed by atoms with Crippen LogP contribution in [0.3, 0.4) is 0 Å². The molecule has 0 saturated heterocycles. The number of nitrogens with zero attached hydrogens (tertiary/aromatic N) is 3. The molecular weight excluding hydrogens is 513 g/mol. The van der Waals surface area contributed by atoms with E-state index in [1.165, 1.54) is 11.3 Å². The van der Waals surface area contributed by atoms with E-state index in [9.17, 15) is 4.79 Å². The normalized spacial score (nSPS) is 12.0. The predicted octanol–water partition coefficient (Wildman–Crippen LogP) is 4.13. The lowest BCUT2D eigenvalue weighted by Gasteiger charge is -2.16. The van der Waals surface area contributed by atoms with E-state index in [-0.39, 0.29) is 36.0 Å². The Morgan fingerprint density at radius 2 is 1.93 bits per heavy atom. The lowest BCUT2D eigenvalue weighted by atomic mass is 10.2. The van der Waals surface area contributed by atoms with Crippen LogP contribution in [0.2, 0.25) is 0 Å². The van der Waals surface area contributed by atoms with Crippen LogP contribution in [0.25, 0.3) is 0 Å². The lowest BCUT2D eigenvalue weighted by Crippen LogP contribution is -2.38. The quantitative estimate of drug-likeness (QED) is 0.225. The van der Waals surface area contributed by atoms with Crippen molar-refractivity contribution >= 4 is 52.9 Å². The minimum absolute atomic E-state index is 0. The molecule has 2 N–H and O–H groups in total. The fourth-order valence-corrected chi connectivity index (χ4v) is 3.61. The van der Waals surface area contributed by atoms with E-state index in [2.05, 4.69) is 49.8 Å². The highest BCUT2D eigenvalue weighted by atomic mass is 127. The van der Waals surface area contributed by atoms with Crippen LogP contribution in [0.1, 0.15) is 52.7 Å². The maximum Gasteiger partial charge on any atom is 0.350 e. The van der Waals surface area contributed by atoms with E-state index in [0.29, 0.717) is 29.7 Å². The average Bonchev–Trinajstić information content (AvgIpc) is 3.08. The Hall–Kier alpha value is -1.88. The Balaban J connectivity index is 0.00000450. The van der Waals surface area contributed by atoms with Gasteiger partial charge >= 0.3 is 5.97 Å². The molecule has 0 bridgehead atoms. The molecule has 30 heavy (non-hydrogen) atoms. The highest BCUT2D eigenvalue weighted by molar-refractivity contribution is 14.0. The van der Waals surface area contributed by atoms with Crippen molar-refractivity contribution in [2.45, 2.75) is 40.3 Å². The minimum Gasteiger partial charge on any atom is -0.462 e. The van der Waals surface area contributed by atoms with E-state index in [4.69, 9.17) is 4.74 Å². The van der Waals surface area contributed by atoms with Gasteiger partial charge in [0.25, 0.3) is 0 Å². The summed E-state index contributed by atoms with van der Waals surface area (Å²) in [5.41, 5.74) is 2.99. The number of carbonyl (C=O) groups excluding carboxylic acids is 1.